The van der Waals surface area contributed by atoms with Crippen LogP contribution in [0.3, 0.4) is 0 Å². The van der Waals surface area contributed by atoms with E-state index in [-0.39, 0.29) is 16.5 Å². The summed E-state index contributed by atoms with van der Waals surface area (Å²) >= 11 is 11.6. The van der Waals surface area contributed by atoms with E-state index in [9.17, 15) is 9.90 Å². The minimum Gasteiger partial charge on any atom is -0.506 e. The molecule has 0 fully saturated rings. The largest absolute Gasteiger partial charge is 0.506 e. The Bertz CT molecular complexity index is 660. The summed E-state index contributed by atoms with van der Waals surface area (Å²) in [5.41, 5.74) is 2.81. The number of pyridine rings is 1. The van der Waals surface area contributed by atoms with E-state index >= 15 is 0 Å². The van der Waals surface area contributed by atoms with Crippen LogP contribution in [0.4, 0.5) is 0 Å². The van der Waals surface area contributed by atoms with E-state index in [0.29, 0.717) is 10.6 Å². The van der Waals surface area contributed by atoms with Gasteiger partial charge in [0, 0.05) is 16.8 Å². The van der Waals surface area contributed by atoms with Crippen LogP contribution in [0.15, 0.2) is 41.6 Å². The van der Waals surface area contributed by atoms with Gasteiger partial charge in [-0.3, -0.25) is 9.78 Å². The van der Waals surface area contributed by atoms with Crippen molar-refractivity contribution in [2.45, 2.75) is 0 Å². The van der Waals surface area contributed by atoms with E-state index in [1.54, 1.807) is 18.2 Å². The van der Waals surface area contributed by atoms with Gasteiger partial charge in [-0.15, -0.1) is 0 Å². The van der Waals surface area contributed by atoms with Crippen molar-refractivity contribution in [3.05, 3.63) is 57.8 Å². The number of benzene rings is 1. The van der Waals surface area contributed by atoms with Crippen LogP contribution < -0.4 is 5.43 Å². The third-order valence-corrected chi connectivity index (χ3v) is 2.83. The fourth-order valence-corrected chi connectivity index (χ4v) is 1.91. The molecule has 0 spiro atoms. The number of aromatic hydroxyl groups is 1. The Morgan fingerprint density at radius 2 is 2.15 bits per heavy atom. The number of hydrogen-bond donors (Lipinski definition) is 2. The van der Waals surface area contributed by atoms with Gasteiger partial charge in [-0.1, -0.05) is 29.3 Å². The summed E-state index contributed by atoms with van der Waals surface area (Å²) < 4.78 is 0. The number of phenolic OH excluding ortho intramolecular Hbond substituents is 1. The molecule has 0 saturated carbocycles. The molecule has 0 aliphatic carbocycles. The highest BCUT2D eigenvalue weighted by Gasteiger charge is 2.07. The minimum absolute atomic E-state index is 0.106. The number of hydrogen-bond acceptors (Lipinski definition) is 4. The summed E-state index contributed by atoms with van der Waals surface area (Å²) in [7, 11) is 0. The van der Waals surface area contributed by atoms with E-state index in [2.05, 4.69) is 15.5 Å². The lowest BCUT2D eigenvalue weighted by Gasteiger charge is -2.02. The molecule has 1 heterocycles. The molecule has 2 rings (SSSR count). The first-order valence-electron chi connectivity index (χ1n) is 5.50. The average molecular weight is 310 g/mol. The summed E-state index contributed by atoms with van der Waals surface area (Å²) in [6, 6.07) is 7.82. The molecular weight excluding hydrogens is 301 g/mol. The molecule has 0 atom stereocenters. The lowest BCUT2D eigenvalue weighted by molar-refractivity contribution is 0.0950. The predicted molar refractivity (Wildman–Crippen MR) is 77.4 cm³/mol. The number of halogens is 2. The number of amides is 1. The summed E-state index contributed by atoms with van der Waals surface area (Å²) in [5, 5.41) is 13.9. The second-order valence-corrected chi connectivity index (χ2v) is 4.58. The molecule has 0 aliphatic heterocycles. The lowest BCUT2D eigenvalue weighted by Crippen LogP contribution is -2.18. The van der Waals surface area contributed by atoms with Crippen molar-refractivity contribution in [1.82, 2.24) is 10.4 Å². The molecule has 1 aromatic carbocycles. The van der Waals surface area contributed by atoms with Crippen LogP contribution in [-0.2, 0) is 0 Å². The van der Waals surface area contributed by atoms with Crippen LogP contribution in [0.5, 0.6) is 5.75 Å². The number of phenols is 1. The Hall–Kier alpha value is -2.11. The predicted octanol–water partition coefficient (Wildman–Crippen LogP) is 2.86. The van der Waals surface area contributed by atoms with E-state index < -0.39 is 5.91 Å². The molecule has 0 saturated heterocycles. The molecule has 0 radical (unpaired) electrons. The van der Waals surface area contributed by atoms with Crippen LogP contribution >= 0.6 is 23.2 Å². The Balaban J connectivity index is 2.10. The van der Waals surface area contributed by atoms with Gasteiger partial charge in [0.25, 0.3) is 5.91 Å². The van der Waals surface area contributed by atoms with Crippen LogP contribution in [0.2, 0.25) is 10.0 Å². The van der Waals surface area contributed by atoms with Gasteiger partial charge in [-0.2, -0.15) is 5.10 Å². The molecule has 1 amide bonds. The molecule has 0 aliphatic rings. The zero-order valence-corrected chi connectivity index (χ0v) is 11.6. The zero-order chi connectivity index (χ0) is 14.5. The van der Waals surface area contributed by atoms with Crippen LogP contribution in [-0.4, -0.2) is 22.2 Å². The summed E-state index contributed by atoms with van der Waals surface area (Å²) in [4.78, 5) is 15.5. The summed E-state index contributed by atoms with van der Waals surface area (Å²) in [6.07, 6.45) is 2.75. The SMILES string of the molecule is O=C(NN=Cc1cc(Cl)cc(Cl)c1O)c1ccccn1. The molecule has 5 nitrogen and oxygen atoms in total. The second-order valence-electron chi connectivity index (χ2n) is 3.74. The third-order valence-electron chi connectivity index (χ3n) is 2.32. The van der Waals surface area contributed by atoms with Gasteiger partial charge in [0.2, 0.25) is 0 Å². The van der Waals surface area contributed by atoms with Gasteiger partial charge in [0.05, 0.1) is 11.2 Å². The van der Waals surface area contributed by atoms with Crippen molar-refractivity contribution in [2.75, 3.05) is 0 Å². The first-order valence-corrected chi connectivity index (χ1v) is 6.26. The van der Waals surface area contributed by atoms with Crippen molar-refractivity contribution >= 4 is 35.3 Å². The van der Waals surface area contributed by atoms with Crippen molar-refractivity contribution in [1.29, 1.82) is 0 Å². The molecule has 2 aromatic rings. The third kappa shape index (κ3) is 3.46. The Morgan fingerprint density at radius 3 is 2.85 bits per heavy atom. The minimum atomic E-state index is -0.463. The van der Waals surface area contributed by atoms with Crippen molar-refractivity contribution in [3.8, 4) is 5.75 Å². The smallest absolute Gasteiger partial charge is 0.289 e. The normalized spacial score (nSPS) is 10.7. The van der Waals surface area contributed by atoms with E-state index in [1.165, 1.54) is 24.5 Å². The van der Waals surface area contributed by atoms with Crippen molar-refractivity contribution < 1.29 is 9.90 Å². The van der Waals surface area contributed by atoms with Crippen molar-refractivity contribution in [3.63, 3.8) is 0 Å². The highest BCUT2D eigenvalue weighted by molar-refractivity contribution is 6.36. The molecular formula is C13H9Cl2N3O2. The molecule has 7 heteroatoms. The van der Waals surface area contributed by atoms with Crippen LogP contribution in [0.1, 0.15) is 16.1 Å². The number of nitrogens with zero attached hydrogens (tertiary/aromatic N) is 2. The first-order chi connectivity index (χ1) is 9.58. The number of hydrazone groups is 1. The first kappa shape index (κ1) is 14.3. The number of carbonyl (C=O) groups is 1. The van der Waals surface area contributed by atoms with Gasteiger partial charge in [0.1, 0.15) is 11.4 Å². The maximum Gasteiger partial charge on any atom is 0.289 e. The van der Waals surface area contributed by atoms with Gasteiger partial charge in [-0.05, 0) is 24.3 Å². The average Bonchev–Trinajstić information content (AvgIpc) is 2.44. The number of carbonyl (C=O) groups excluding carboxylic acids is 1. The molecule has 20 heavy (non-hydrogen) atoms. The molecule has 0 bridgehead atoms. The molecule has 1 aromatic heterocycles. The molecule has 2 N–H and O–H groups in total. The fourth-order valence-electron chi connectivity index (χ4n) is 1.40. The van der Waals surface area contributed by atoms with Crippen LogP contribution in [0.25, 0.3) is 0 Å². The lowest BCUT2D eigenvalue weighted by atomic mass is 10.2. The summed E-state index contributed by atoms with van der Waals surface area (Å²) in [6.45, 7) is 0. The van der Waals surface area contributed by atoms with Gasteiger partial charge in [-0.25, -0.2) is 5.43 Å². The molecule has 0 unspecified atom stereocenters. The maximum atomic E-state index is 11.7. The molecule has 102 valence electrons. The zero-order valence-electron chi connectivity index (χ0n) is 10.0. The Kier molecular flexibility index (Phi) is 4.55. The number of nitrogens with one attached hydrogen (secondary N) is 1. The number of aromatic nitrogens is 1. The fraction of sp³-hybridized carbons (Fsp3) is 0. The highest BCUT2D eigenvalue weighted by Crippen LogP contribution is 2.29. The van der Waals surface area contributed by atoms with E-state index in [0.717, 1.165) is 0 Å². The van der Waals surface area contributed by atoms with Crippen molar-refractivity contribution in [2.24, 2.45) is 5.10 Å². The Labute approximate surface area is 124 Å². The highest BCUT2D eigenvalue weighted by atomic mass is 35.5. The number of rotatable bonds is 3. The topological polar surface area (TPSA) is 74.6 Å². The second kappa shape index (κ2) is 6.36. The van der Waals surface area contributed by atoms with Gasteiger partial charge in [0.15, 0.2) is 0 Å². The maximum absolute atomic E-state index is 11.7. The van der Waals surface area contributed by atoms with E-state index in [4.69, 9.17) is 23.2 Å². The standard InChI is InChI=1S/C13H9Cl2N3O2/c14-9-5-8(12(19)10(15)6-9)7-17-18-13(20)11-3-1-2-4-16-11/h1-7,19H,(H,18,20). The quantitative estimate of drug-likeness (QED) is 0.676. The monoisotopic (exact) mass is 309 g/mol. The Morgan fingerprint density at radius 1 is 1.35 bits per heavy atom. The van der Waals surface area contributed by atoms with Crippen LogP contribution in [0, 0.1) is 0 Å². The van der Waals surface area contributed by atoms with E-state index in [1.807, 2.05) is 0 Å². The summed E-state index contributed by atoms with van der Waals surface area (Å²) in [5.74, 6) is -0.624. The van der Waals surface area contributed by atoms with Gasteiger partial charge >= 0.3 is 0 Å². The van der Waals surface area contributed by atoms with Gasteiger partial charge < -0.3 is 5.11 Å².